The zero-order valence-corrected chi connectivity index (χ0v) is 17.3. The van der Waals surface area contributed by atoms with Crippen LogP contribution in [-0.4, -0.2) is 20.4 Å². The third-order valence-electron chi connectivity index (χ3n) is 5.12. The van der Waals surface area contributed by atoms with Gasteiger partial charge >= 0.3 is 0 Å². The SMILES string of the molecule is C[C@@H](NS(=O)(=O)c1ccc(F)c(C(=O)Nc2cc(Cl)ccc2F)c1)C1CCCC1. The predicted molar refractivity (Wildman–Crippen MR) is 108 cm³/mol. The van der Waals surface area contributed by atoms with Crippen molar-refractivity contribution < 1.29 is 22.0 Å². The van der Waals surface area contributed by atoms with Gasteiger partial charge in [-0.25, -0.2) is 21.9 Å². The third kappa shape index (κ3) is 5.12. The Morgan fingerprint density at radius 1 is 1.10 bits per heavy atom. The van der Waals surface area contributed by atoms with Crippen LogP contribution in [0.4, 0.5) is 14.5 Å². The molecule has 1 amide bonds. The summed E-state index contributed by atoms with van der Waals surface area (Å²) in [5.41, 5.74) is -0.746. The van der Waals surface area contributed by atoms with E-state index in [1.165, 1.54) is 12.1 Å². The van der Waals surface area contributed by atoms with Gasteiger partial charge in [-0.3, -0.25) is 4.79 Å². The summed E-state index contributed by atoms with van der Waals surface area (Å²) < 4.78 is 56.0. The molecule has 0 heterocycles. The molecule has 2 N–H and O–H groups in total. The summed E-state index contributed by atoms with van der Waals surface area (Å²) >= 11 is 5.79. The van der Waals surface area contributed by atoms with Crippen molar-refractivity contribution in [2.45, 2.75) is 43.5 Å². The number of sulfonamides is 1. The topological polar surface area (TPSA) is 75.3 Å². The number of carbonyl (C=O) groups is 1. The average Bonchev–Trinajstić information content (AvgIpc) is 3.19. The highest BCUT2D eigenvalue weighted by Gasteiger charge is 2.27. The van der Waals surface area contributed by atoms with Crippen LogP contribution in [0.25, 0.3) is 0 Å². The quantitative estimate of drug-likeness (QED) is 0.679. The monoisotopic (exact) mass is 442 g/mol. The minimum Gasteiger partial charge on any atom is -0.319 e. The van der Waals surface area contributed by atoms with Gasteiger partial charge in [-0.2, -0.15) is 0 Å². The fourth-order valence-corrected chi connectivity index (χ4v) is 5.01. The number of rotatable bonds is 6. The van der Waals surface area contributed by atoms with Crippen LogP contribution in [0, 0.1) is 17.6 Å². The maximum atomic E-state index is 14.2. The Kier molecular flexibility index (Phi) is 6.55. The van der Waals surface area contributed by atoms with Gasteiger partial charge < -0.3 is 5.32 Å². The zero-order valence-electron chi connectivity index (χ0n) is 15.7. The molecule has 1 aliphatic rings. The molecule has 0 unspecified atom stereocenters. The van der Waals surface area contributed by atoms with Crippen LogP contribution in [0.15, 0.2) is 41.3 Å². The molecule has 2 aromatic rings. The highest BCUT2D eigenvalue weighted by Crippen LogP contribution is 2.28. The molecule has 3 rings (SSSR count). The van der Waals surface area contributed by atoms with Crippen molar-refractivity contribution in [2.24, 2.45) is 5.92 Å². The van der Waals surface area contributed by atoms with Gasteiger partial charge in [-0.1, -0.05) is 24.4 Å². The molecular weight excluding hydrogens is 422 g/mol. The van der Waals surface area contributed by atoms with Gasteiger partial charge in [0.1, 0.15) is 11.6 Å². The molecule has 0 aliphatic heterocycles. The molecule has 1 aliphatic carbocycles. The minimum atomic E-state index is -3.95. The van der Waals surface area contributed by atoms with Crippen molar-refractivity contribution in [2.75, 3.05) is 5.32 Å². The Hall–Kier alpha value is -2.03. The summed E-state index contributed by atoms with van der Waals surface area (Å²) in [6.45, 7) is 1.80. The normalized spacial score (nSPS) is 16.0. The van der Waals surface area contributed by atoms with Crippen LogP contribution >= 0.6 is 11.6 Å². The second-order valence-corrected chi connectivity index (χ2v) is 9.32. The fraction of sp³-hybridized carbons (Fsp3) is 0.350. The maximum Gasteiger partial charge on any atom is 0.258 e. The molecule has 1 atom stereocenters. The Bertz CT molecular complexity index is 1020. The van der Waals surface area contributed by atoms with E-state index in [9.17, 15) is 22.0 Å². The molecule has 0 radical (unpaired) electrons. The first kappa shape index (κ1) is 21.7. The van der Waals surface area contributed by atoms with E-state index in [1.54, 1.807) is 6.92 Å². The summed E-state index contributed by atoms with van der Waals surface area (Å²) in [6.07, 6.45) is 4.03. The average molecular weight is 443 g/mol. The third-order valence-corrected chi connectivity index (χ3v) is 6.91. The molecule has 1 saturated carbocycles. The first-order valence-corrected chi connectivity index (χ1v) is 11.1. The standard InChI is InChI=1S/C20H21ClF2N2O3S/c1-12(13-4-2-3-5-13)25-29(27,28)15-7-9-17(22)16(11-15)20(26)24-19-10-14(21)6-8-18(19)23/h6-13,25H,2-5H2,1H3,(H,24,26)/t12-/m1/s1. The van der Waals surface area contributed by atoms with Crippen molar-refractivity contribution in [1.82, 2.24) is 4.72 Å². The molecule has 156 valence electrons. The number of carbonyl (C=O) groups excluding carboxylic acids is 1. The Balaban J connectivity index is 1.83. The predicted octanol–water partition coefficient (Wildman–Crippen LogP) is 4.73. The molecule has 2 aromatic carbocycles. The van der Waals surface area contributed by atoms with E-state index in [2.05, 4.69) is 10.0 Å². The summed E-state index contributed by atoms with van der Waals surface area (Å²) in [5, 5.41) is 2.40. The smallest absolute Gasteiger partial charge is 0.258 e. The van der Waals surface area contributed by atoms with Crippen molar-refractivity contribution in [1.29, 1.82) is 0 Å². The van der Waals surface area contributed by atoms with Crippen LogP contribution in [0.3, 0.4) is 0 Å². The number of anilines is 1. The van der Waals surface area contributed by atoms with Crippen LogP contribution < -0.4 is 10.0 Å². The zero-order chi connectivity index (χ0) is 21.2. The van der Waals surface area contributed by atoms with Crippen molar-refractivity contribution in [3.8, 4) is 0 Å². The largest absolute Gasteiger partial charge is 0.319 e. The van der Waals surface area contributed by atoms with Gasteiger partial charge in [0.25, 0.3) is 5.91 Å². The van der Waals surface area contributed by atoms with E-state index >= 15 is 0 Å². The molecular formula is C20H21ClF2N2O3S. The molecule has 1 fully saturated rings. The van der Waals surface area contributed by atoms with Gasteiger partial charge in [0.05, 0.1) is 16.1 Å². The number of amides is 1. The Morgan fingerprint density at radius 2 is 1.76 bits per heavy atom. The first-order valence-electron chi connectivity index (χ1n) is 9.25. The number of benzene rings is 2. The van der Waals surface area contributed by atoms with E-state index in [4.69, 9.17) is 11.6 Å². The maximum absolute atomic E-state index is 14.2. The lowest BCUT2D eigenvalue weighted by molar-refractivity contribution is 0.102. The molecule has 29 heavy (non-hydrogen) atoms. The molecule has 0 bridgehead atoms. The van der Waals surface area contributed by atoms with E-state index in [0.29, 0.717) is 0 Å². The highest BCUT2D eigenvalue weighted by atomic mass is 35.5. The summed E-state index contributed by atoms with van der Waals surface area (Å²) in [4.78, 5) is 12.2. The van der Waals surface area contributed by atoms with Crippen LogP contribution in [-0.2, 0) is 10.0 Å². The fourth-order valence-electron chi connectivity index (χ4n) is 3.49. The van der Waals surface area contributed by atoms with E-state index < -0.39 is 33.1 Å². The second kappa shape index (κ2) is 8.77. The van der Waals surface area contributed by atoms with Crippen molar-refractivity contribution in [3.05, 3.63) is 58.6 Å². The van der Waals surface area contributed by atoms with Crippen molar-refractivity contribution >= 4 is 33.2 Å². The molecule has 9 heteroatoms. The van der Waals surface area contributed by atoms with Gasteiger partial charge in [-0.05, 0) is 62.1 Å². The van der Waals surface area contributed by atoms with E-state index in [1.807, 2.05) is 0 Å². The van der Waals surface area contributed by atoms with Gasteiger partial charge in [0.2, 0.25) is 10.0 Å². The lowest BCUT2D eigenvalue weighted by Gasteiger charge is -2.20. The molecule has 0 aromatic heterocycles. The van der Waals surface area contributed by atoms with Gasteiger partial charge in [0, 0.05) is 11.1 Å². The lowest BCUT2D eigenvalue weighted by atomic mass is 10.0. The Labute approximate surface area is 173 Å². The number of hydrogen-bond donors (Lipinski definition) is 2. The van der Waals surface area contributed by atoms with E-state index in [-0.39, 0.29) is 27.6 Å². The number of hydrogen-bond acceptors (Lipinski definition) is 3. The molecule has 0 saturated heterocycles. The van der Waals surface area contributed by atoms with Crippen LogP contribution in [0.5, 0.6) is 0 Å². The highest BCUT2D eigenvalue weighted by molar-refractivity contribution is 7.89. The van der Waals surface area contributed by atoms with Crippen LogP contribution in [0.1, 0.15) is 43.0 Å². The van der Waals surface area contributed by atoms with E-state index in [0.717, 1.165) is 49.9 Å². The van der Waals surface area contributed by atoms with Crippen LogP contribution in [0.2, 0.25) is 5.02 Å². The van der Waals surface area contributed by atoms with Gasteiger partial charge in [-0.15, -0.1) is 0 Å². The summed E-state index contributed by atoms with van der Waals surface area (Å²) in [7, 11) is -3.95. The van der Waals surface area contributed by atoms with Crippen molar-refractivity contribution in [3.63, 3.8) is 0 Å². The lowest BCUT2D eigenvalue weighted by Crippen LogP contribution is -2.37. The number of halogens is 3. The van der Waals surface area contributed by atoms with Gasteiger partial charge in [0.15, 0.2) is 0 Å². The summed E-state index contributed by atoms with van der Waals surface area (Å²) in [5.74, 6) is -2.41. The minimum absolute atomic E-state index is 0.184. The summed E-state index contributed by atoms with van der Waals surface area (Å²) in [6, 6.07) is 6.20. The first-order chi connectivity index (χ1) is 13.7. The molecule has 0 spiro atoms. The second-order valence-electron chi connectivity index (χ2n) is 7.17. The Morgan fingerprint density at radius 3 is 2.45 bits per heavy atom. The molecule has 5 nitrogen and oxygen atoms in total. The number of nitrogens with one attached hydrogen (secondary N) is 2.